The monoisotopic (exact) mass is 142 g/mol. The first-order chi connectivity index (χ1) is 4.72. The zero-order valence-electron chi connectivity index (χ0n) is 5.92. The molecule has 2 saturated heterocycles. The molecule has 0 aliphatic carbocycles. The SMILES string of the molecule is C[C@@]12COC[C@@H]1C(=O)OC2. The number of carbonyl (C=O) groups is 1. The highest BCUT2D eigenvalue weighted by Crippen LogP contribution is 2.39. The minimum atomic E-state index is -0.0833. The Balaban J connectivity index is 2.27. The normalized spacial score (nSPS) is 45.3. The van der Waals surface area contributed by atoms with Gasteiger partial charge in [0.25, 0.3) is 0 Å². The minimum absolute atomic E-state index is 0.00694. The van der Waals surface area contributed by atoms with Crippen molar-refractivity contribution in [1.82, 2.24) is 0 Å². The summed E-state index contributed by atoms with van der Waals surface area (Å²) in [5.74, 6) is -0.0764. The summed E-state index contributed by atoms with van der Waals surface area (Å²) < 4.78 is 10.1. The molecule has 0 saturated carbocycles. The second kappa shape index (κ2) is 1.72. The van der Waals surface area contributed by atoms with E-state index in [2.05, 4.69) is 0 Å². The van der Waals surface area contributed by atoms with Crippen molar-refractivity contribution >= 4 is 5.97 Å². The zero-order chi connectivity index (χ0) is 7.19. The van der Waals surface area contributed by atoms with Gasteiger partial charge in [0.1, 0.15) is 0 Å². The first kappa shape index (κ1) is 6.16. The van der Waals surface area contributed by atoms with Crippen LogP contribution in [-0.2, 0) is 14.3 Å². The zero-order valence-corrected chi connectivity index (χ0v) is 5.92. The Morgan fingerprint density at radius 3 is 3.10 bits per heavy atom. The smallest absolute Gasteiger partial charge is 0.312 e. The quantitative estimate of drug-likeness (QED) is 0.453. The summed E-state index contributed by atoms with van der Waals surface area (Å²) >= 11 is 0. The number of hydrogen-bond donors (Lipinski definition) is 0. The van der Waals surface area contributed by atoms with Gasteiger partial charge in [-0.05, 0) is 0 Å². The van der Waals surface area contributed by atoms with Crippen LogP contribution in [0.1, 0.15) is 6.92 Å². The maximum absolute atomic E-state index is 11.0. The molecule has 0 aromatic heterocycles. The number of hydrogen-bond acceptors (Lipinski definition) is 3. The summed E-state index contributed by atoms with van der Waals surface area (Å²) in [6, 6.07) is 0. The summed E-state index contributed by atoms with van der Waals surface area (Å²) in [6.45, 7) is 3.80. The lowest BCUT2D eigenvalue weighted by molar-refractivity contribution is -0.142. The lowest BCUT2D eigenvalue weighted by Gasteiger charge is -2.14. The van der Waals surface area contributed by atoms with E-state index >= 15 is 0 Å². The molecule has 2 atom stereocenters. The van der Waals surface area contributed by atoms with Crippen LogP contribution >= 0.6 is 0 Å². The van der Waals surface area contributed by atoms with E-state index in [1.54, 1.807) is 0 Å². The Hall–Kier alpha value is -0.570. The highest BCUT2D eigenvalue weighted by Gasteiger charge is 2.51. The minimum Gasteiger partial charge on any atom is -0.465 e. The highest BCUT2D eigenvalue weighted by molar-refractivity contribution is 5.76. The number of cyclic esters (lactones) is 1. The molecule has 0 radical (unpaired) electrons. The Morgan fingerprint density at radius 2 is 2.40 bits per heavy atom. The predicted molar refractivity (Wildman–Crippen MR) is 33.4 cm³/mol. The number of carbonyl (C=O) groups excluding carboxylic acids is 1. The number of esters is 1. The van der Waals surface area contributed by atoms with E-state index in [9.17, 15) is 4.79 Å². The van der Waals surface area contributed by atoms with Gasteiger partial charge in [-0.15, -0.1) is 0 Å². The average molecular weight is 142 g/mol. The van der Waals surface area contributed by atoms with Gasteiger partial charge in [0.15, 0.2) is 0 Å². The number of rotatable bonds is 0. The van der Waals surface area contributed by atoms with Crippen LogP contribution in [-0.4, -0.2) is 25.8 Å². The molecule has 0 bridgehead atoms. The van der Waals surface area contributed by atoms with Crippen molar-refractivity contribution in [1.29, 1.82) is 0 Å². The van der Waals surface area contributed by atoms with Gasteiger partial charge in [-0.25, -0.2) is 0 Å². The van der Waals surface area contributed by atoms with Crippen molar-refractivity contribution in [3.8, 4) is 0 Å². The molecule has 0 amide bonds. The van der Waals surface area contributed by atoms with E-state index in [4.69, 9.17) is 9.47 Å². The van der Waals surface area contributed by atoms with E-state index in [1.165, 1.54) is 0 Å². The average Bonchev–Trinajstić information content (AvgIpc) is 2.35. The number of fused-ring (bicyclic) bond motifs is 1. The summed E-state index contributed by atoms with van der Waals surface area (Å²) in [7, 11) is 0. The largest absolute Gasteiger partial charge is 0.465 e. The van der Waals surface area contributed by atoms with Crippen molar-refractivity contribution < 1.29 is 14.3 Å². The molecule has 0 N–H and O–H groups in total. The third-order valence-electron chi connectivity index (χ3n) is 2.39. The molecule has 0 aromatic rings. The predicted octanol–water partition coefficient (Wildman–Crippen LogP) is 0.196. The molecule has 2 aliphatic rings. The second-order valence-corrected chi connectivity index (χ2v) is 3.33. The van der Waals surface area contributed by atoms with Crippen LogP contribution in [0.4, 0.5) is 0 Å². The molecule has 0 aromatic carbocycles. The molecule has 2 fully saturated rings. The van der Waals surface area contributed by atoms with Gasteiger partial charge in [0.05, 0.1) is 25.7 Å². The van der Waals surface area contributed by atoms with Crippen LogP contribution in [0.2, 0.25) is 0 Å². The van der Waals surface area contributed by atoms with Gasteiger partial charge in [0, 0.05) is 5.41 Å². The lowest BCUT2D eigenvalue weighted by Crippen LogP contribution is -2.25. The summed E-state index contributed by atoms with van der Waals surface area (Å²) in [5, 5.41) is 0. The molecular weight excluding hydrogens is 132 g/mol. The molecule has 2 heterocycles. The van der Waals surface area contributed by atoms with E-state index in [-0.39, 0.29) is 17.3 Å². The molecule has 10 heavy (non-hydrogen) atoms. The van der Waals surface area contributed by atoms with Gasteiger partial charge >= 0.3 is 5.97 Å². The Bertz CT molecular complexity index is 178. The van der Waals surface area contributed by atoms with E-state index in [0.29, 0.717) is 19.8 Å². The van der Waals surface area contributed by atoms with E-state index < -0.39 is 0 Å². The molecule has 2 rings (SSSR count). The topological polar surface area (TPSA) is 35.5 Å². The maximum atomic E-state index is 11.0. The van der Waals surface area contributed by atoms with Gasteiger partial charge in [-0.1, -0.05) is 6.92 Å². The fourth-order valence-electron chi connectivity index (χ4n) is 1.54. The van der Waals surface area contributed by atoms with Crippen LogP contribution in [0, 0.1) is 11.3 Å². The maximum Gasteiger partial charge on any atom is 0.312 e. The second-order valence-electron chi connectivity index (χ2n) is 3.33. The highest BCUT2D eigenvalue weighted by atomic mass is 16.6. The van der Waals surface area contributed by atoms with Crippen molar-refractivity contribution in [3.63, 3.8) is 0 Å². The van der Waals surface area contributed by atoms with Crippen LogP contribution in [0.3, 0.4) is 0 Å². The third kappa shape index (κ3) is 0.611. The van der Waals surface area contributed by atoms with Crippen LogP contribution < -0.4 is 0 Å². The standard InChI is InChI=1S/C7H10O3/c1-7-3-9-2-5(7)6(8)10-4-7/h5H,2-4H2,1H3/t5-,7+/m1/s1. The summed E-state index contributed by atoms with van der Waals surface area (Å²) in [5.41, 5.74) is -0.0168. The van der Waals surface area contributed by atoms with Gasteiger partial charge in [0.2, 0.25) is 0 Å². The third-order valence-corrected chi connectivity index (χ3v) is 2.39. The first-order valence-corrected chi connectivity index (χ1v) is 3.47. The lowest BCUT2D eigenvalue weighted by atomic mass is 9.83. The fourth-order valence-corrected chi connectivity index (χ4v) is 1.54. The molecule has 3 heteroatoms. The van der Waals surface area contributed by atoms with Crippen LogP contribution in [0.5, 0.6) is 0 Å². The molecule has 56 valence electrons. The van der Waals surface area contributed by atoms with Crippen molar-refractivity contribution in [2.45, 2.75) is 6.92 Å². The van der Waals surface area contributed by atoms with Crippen molar-refractivity contribution in [2.24, 2.45) is 11.3 Å². The Morgan fingerprint density at radius 1 is 1.60 bits per heavy atom. The fraction of sp³-hybridized carbons (Fsp3) is 0.857. The van der Waals surface area contributed by atoms with Gasteiger partial charge < -0.3 is 9.47 Å². The van der Waals surface area contributed by atoms with E-state index in [0.717, 1.165) is 0 Å². The van der Waals surface area contributed by atoms with Crippen LogP contribution in [0.15, 0.2) is 0 Å². The number of ether oxygens (including phenoxy) is 2. The first-order valence-electron chi connectivity index (χ1n) is 3.47. The van der Waals surface area contributed by atoms with Crippen LogP contribution in [0.25, 0.3) is 0 Å². The molecule has 0 unspecified atom stereocenters. The Kier molecular flexibility index (Phi) is 1.06. The molecular formula is C7H10O3. The van der Waals surface area contributed by atoms with Gasteiger partial charge in [-0.3, -0.25) is 4.79 Å². The molecule has 2 aliphatic heterocycles. The Labute approximate surface area is 59.3 Å². The van der Waals surface area contributed by atoms with Crippen molar-refractivity contribution in [3.05, 3.63) is 0 Å². The molecule has 3 nitrogen and oxygen atoms in total. The van der Waals surface area contributed by atoms with Crippen molar-refractivity contribution in [2.75, 3.05) is 19.8 Å². The van der Waals surface area contributed by atoms with E-state index in [1.807, 2.05) is 6.92 Å². The summed E-state index contributed by atoms with van der Waals surface area (Å²) in [4.78, 5) is 11.0. The summed E-state index contributed by atoms with van der Waals surface area (Å²) in [6.07, 6.45) is 0. The molecule has 0 spiro atoms. The van der Waals surface area contributed by atoms with Gasteiger partial charge in [-0.2, -0.15) is 0 Å².